The molecule has 1 N–H and O–H groups in total. The first-order chi connectivity index (χ1) is 12.6. The van der Waals surface area contributed by atoms with Crippen LogP contribution in [0.4, 0.5) is 5.95 Å². The van der Waals surface area contributed by atoms with E-state index in [1.54, 1.807) is 42.5 Å². The molecule has 0 saturated carbocycles. The van der Waals surface area contributed by atoms with Gasteiger partial charge in [0.1, 0.15) is 0 Å². The summed E-state index contributed by atoms with van der Waals surface area (Å²) in [4.78, 5) is 32.9. The van der Waals surface area contributed by atoms with Crippen LogP contribution in [0.2, 0.25) is 5.02 Å². The number of anilines is 1. The van der Waals surface area contributed by atoms with Crippen LogP contribution < -0.4 is 15.8 Å². The lowest BCUT2D eigenvalue weighted by Gasteiger charge is -2.30. The molecule has 1 saturated heterocycles. The molecule has 1 aromatic heterocycles. The Morgan fingerprint density at radius 2 is 1.81 bits per heavy atom. The second-order valence-corrected chi connectivity index (χ2v) is 6.56. The number of piperazine rings is 1. The van der Waals surface area contributed by atoms with Crippen molar-refractivity contribution < 1.29 is 4.79 Å². The zero-order valence-electron chi connectivity index (χ0n) is 14.0. The van der Waals surface area contributed by atoms with Gasteiger partial charge in [0, 0.05) is 36.8 Å². The van der Waals surface area contributed by atoms with Crippen molar-refractivity contribution in [2.24, 2.45) is 0 Å². The predicted molar refractivity (Wildman–Crippen MR) is 102 cm³/mol. The lowest BCUT2D eigenvalue weighted by Crippen LogP contribution is -2.47. The first kappa shape index (κ1) is 16.8. The van der Waals surface area contributed by atoms with Crippen molar-refractivity contribution in [1.82, 2.24) is 14.9 Å². The number of nitrogens with zero attached hydrogens (tertiary/aromatic N) is 3. The van der Waals surface area contributed by atoms with Crippen LogP contribution in [-0.4, -0.2) is 41.6 Å². The molecular formula is C19H17ClN4O2. The van der Waals surface area contributed by atoms with Crippen molar-refractivity contribution in [2.45, 2.75) is 0 Å². The van der Waals surface area contributed by atoms with E-state index in [-0.39, 0.29) is 0 Å². The Kier molecular flexibility index (Phi) is 4.44. The maximum Gasteiger partial charge on any atom is 0.269 e. The number of carbonyl (C=O) groups is 1. The molecule has 0 radical (unpaired) electrons. The van der Waals surface area contributed by atoms with Gasteiger partial charge in [-0.05, 0) is 30.3 Å². The highest BCUT2D eigenvalue weighted by atomic mass is 35.5. The number of nitrogens with one attached hydrogen (secondary N) is 1. The summed E-state index contributed by atoms with van der Waals surface area (Å²) in [5.74, 6) is -0.0151. The number of hydrogen-bond acceptors (Lipinski definition) is 5. The number of fused-ring (bicyclic) bond motifs is 1. The van der Waals surface area contributed by atoms with Crippen LogP contribution in [0.25, 0.3) is 10.9 Å². The van der Waals surface area contributed by atoms with Gasteiger partial charge in [-0.25, -0.2) is 9.55 Å². The van der Waals surface area contributed by atoms with E-state index in [1.807, 2.05) is 11.0 Å². The van der Waals surface area contributed by atoms with Crippen molar-refractivity contribution in [3.8, 4) is 0 Å². The number of halogens is 1. The molecule has 1 aliphatic rings. The Balaban J connectivity index is 1.96. The van der Waals surface area contributed by atoms with Crippen LogP contribution in [-0.2, 0) is 0 Å². The van der Waals surface area contributed by atoms with Crippen molar-refractivity contribution in [3.63, 3.8) is 0 Å². The van der Waals surface area contributed by atoms with Gasteiger partial charge >= 0.3 is 0 Å². The third-order valence-electron chi connectivity index (χ3n) is 4.44. The summed E-state index contributed by atoms with van der Waals surface area (Å²) in [6.45, 7) is 2.89. The van der Waals surface area contributed by atoms with Crippen LogP contribution in [0.3, 0.4) is 0 Å². The van der Waals surface area contributed by atoms with Crippen molar-refractivity contribution in [3.05, 3.63) is 69.5 Å². The fourth-order valence-electron chi connectivity index (χ4n) is 3.12. The molecule has 1 aliphatic heterocycles. The Labute approximate surface area is 155 Å². The molecule has 0 unspecified atom stereocenters. The second-order valence-electron chi connectivity index (χ2n) is 6.12. The smallest absolute Gasteiger partial charge is 0.269 e. The van der Waals surface area contributed by atoms with Gasteiger partial charge in [0.25, 0.3) is 11.5 Å². The predicted octanol–water partition coefficient (Wildman–Crippen LogP) is 2.15. The van der Waals surface area contributed by atoms with Gasteiger partial charge in [-0.1, -0.05) is 29.8 Å². The van der Waals surface area contributed by atoms with Gasteiger partial charge in [-0.2, -0.15) is 0 Å². The summed E-state index contributed by atoms with van der Waals surface area (Å²) in [6.07, 6.45) is 0. The normalized spacial score (nSPS) is 14.6. The third-order valence-corrected chi connectivity index (χ3v) is 4.67. The van der Waals surface area contributed by atoms with Gasteiger partial charge in [-0.3, -0.25) is 9.59 Å². The van der Waals surface area contributed by atoms with Crippen molar-refractivity contribution >= 4 is 34.4 Å². The molecule has 2 aromatic carbocycles. The monoisotopic (exact) mass is 368 g/mol. The number of carbonyl (C=O) groups excluding carboxylic acids is 1. The van der Waals surface area contributed by atoms with Crippen molar-refractivity contribution in [2.75, 3.05) is 31.1 Å². The highest BCUT2D eigenvalue weighted by molar-refractivity contribution is 6.31. The summed E-state index contributed by atoms with van der Waals surface area (Å²) >= 11 is 6.05. The molecule has 0 aliphatic carbocycles. The standard InChI is InChI=1S/C19H17ClN4O2/c20-14-6-7-16-15(12-14)18(26)24(17(25)13-4-2-1-3-5-13)19(22-16)23-10-8-21-9-11-23/h1-7,12,21H,8-11H2. The van der Waals surface area contributed by atoms with Crippen LogP contribution >= 0.6 is 11.6 Å². The van der Waals surface area contributed by atoms with Crippen LogP contribution in [0.15, 0.2) is 53.3 Å². The Bertz CT molecular complexity index is 1030. The number of aromatic nitrogens is 2. The lowest BCUT2D eigenvalue weighted by atomic mass is 10.2. The highest BCUT2D eigenvalue weighted by Gasteiger charge is 2.23. The topological polar surface area (TPSA) is 67.2 Å². The molecule has 0 amide bonds. The lowest BCUT2D eigenvalue weighted by molar-refractivity contribution is 0.0956. The van der Waals surface area contributed by atoms with Crippen LogP contribution in [0, 0.1) is 0 Å². The molecule has 4 rings (SSSR count). The molecule has 3 aromatic rings. The van der Waals surface area contributed by atoms with Gasteiger partial charge in [0.05, 0.1) is 10.9 Å². The van der Waals surface area contributed by atoms with E-state index >= 15 is 0 Å². The molecule has 2 heterocycles. The molecule has 7 heteroatoms. The van der Waals surface area contributed by atoms with Gasteiger partial charge in [0.2, 0.25) is 5.95 Å². The fraction of sp³-hybridized carbons (Fsp3) is 0.211. The molecule has 0 bridgehead atoms. The van der Waals surface area contributed by atoms with Crippen LogP contribution in [0.5, 0.6) is 0 Å². The van der Waals surface area contributed by atoms with E-state index in [0.29, 0.717) is 40.5 Å². The van der Waals surface area contributed by atoms with E-state index in [2.05, 4.69) is 10.3 Å². The van der Waals surface area contributed by atoms with E-state index in [0.717, 1.165) is 13.1 Å². The zero-order chi connectivity index (χ0) is 18.1. The molecular weight excluding hydrogens is 352 g/mol. The Morgan fingerprint density at radius 3 is 2.54 bits per heavy atom. The highest BCUT2D eigenvalue weighted by Crippen LogP contribution is 2.20. The summed E-state index contributed by atoms with van der Waals surface area (Å²) in [5.41, 5.74) is 0.569. The Hall–Kier alpha value is -2.70. The summed E-state index contributed by atoms with van der Waals surface area (Å²) < 4.78 is 1.17. The van der Waals surface area contributed by atoms with E-state index < -0.39 is 11.5 Å². The number of benzene rings is 2. The van der Waals surface area contributed by atoms with E-state index in [4.69, 9.17) is 11.6 Å². The molecule has 6 nitrogen and oxygen atoms in total. The zero-order valence-corrected chi connectivity index (χ0v) is 14.7. The minimum Gasteiger partial charge on any atom is -0.339 e. The van der Waals surface area contributed by atoms with Gasteiger partial charge in [-0.15, -0.1) is 0 Å². The van der Waals surface area contributed by atoms with Crippen molar-refractivity contribution in [1.29, 1.82) is 0 Å². The fourth-order valence-corrected chi connectivity index (χ4v) is 3.29. The molecule has 1 fully saturated rings. The summed E-state index contributed by atoms with van der Waals surface area (Å²) in [6, 6.07) is 13.7. The quantitative estimate of drug-likeness (QED) is 0.750. The maximum absolute atomic E-state index is 13.2. The largest absolute Gasteiger partial charge is 0.339 e. The first-order valence-electron chi connectivity index (χ1n) is 8.43. The Morgan fingerprint density at radius 1 is 1.08 bits per heavy atom. The van der Waals surface area contributed by atoms with E-state index in [9.17, 15) is 9.59 Å². The average molecular weight is 369 g/mol. The maximum atomic E-state index is 13.2. The second kappa shape index (κ2) is 6.90. The molecule has 0 atom stereocenters. The van der Waals surface area contributed by atoms with Gasteiger partial charge in [0.15, 0.2) is 0 Å². The van der Waals surface area contributed by atoms with E-state index in [1.165, 1.54) is 4.57 Å². The summed E-state index contributed by atoms with van der Waals surface area (Å²) in [5, 5.41) is 4.03. The average Bonchev–Trinajstić information content (AvgIpc) is 2.69. The first-order valence-corrected chi connectivity index (χ1v) is 8.81. The minimum atomic E-state index is -0.403. The molecule has 26 heavy (non-hydrogen) atoms. The minimum absolute atomic E-state index is 0.334. The molecule has 0 spiro atoms. The van der Waals surface area contributed by atoms with Gasteiger partial charge < -0.3 is 10.2 Å². The van der Waals surface area contributed by atoms with Crippen LogP contribution in [0.1, 0.15) is 10.4 Å². The molecule has 132 valence electrons. The SMILES string of the molecule is O=C(c1ccccc1)n1c(N2CCNCC2)nc2ccc(Cl)cc2c1=O. The third kappa shape index (κ3) is 2.98. The summed E-state index contributed by atoms with van der Waals surface area (Å²) in [7, 11) is 0. The number of rotatable bonds is 2. The number of hydrogen-bond donors (Lipinski definition) is 1.